The summed E-state index contributed by atoms with van der Waals surface area (Å²) in [6.45, 7) is 2.47. The van der Waals surface area contributed by atoms with E-state index in [1.165, 1.54) is 11.8 Å². The number of hydrogen-bond acceptors (Lipinski definition) is 5. The van der Waals surface area contributed by atoms with E-state index in [-0.39, 0.29) is 11.8 Å². The van der Waals surface area contributed by atoms with Crippen molar-refractivity contribution in [2.24, 2.45) is 0 Å². The molecule has 0 spiro atoms. The number of methoxy groups -OCH3 is 1. The van der Waals surface area contributed by atoms with Crippen molar-refractivity contribution in [2.75, 3.05) is 23.9 Å². The molecule has 0 saturated heterocycles. The van der Waals surface area contributed by atoms with Gasteiger partial charge in [0.15, 0.2) is 0 Å². The summed E-state index contributed by atoms with van der Waals surface area (Å²) in [6.07, 6.45) is 1.68. The molecule has 1 N–H and O–H groups in total. The van der Waals surface area contributed by atoms with Gasteiger partial charge in [0.05, 0.1) is 18.4 Å². The molecule has 0 bridgehead atoms. The number of rotatable bonds is 4. The van der Waals surface area contributed by atoms with E-state index >= 15 is 0 Å². The van der Waals surface area contributed by atoms with Crippen LogP contribution >= 0.6 is 11.8 Å². The molecule has 2 heterocycles. The number of aromatic nitrogens is 1. The summed E-state index contributed by atoms with van der Waals surface area (Å²) < 4.78 is 5.18. The second-order valence-electron chi connectivity index (χ2n) is 6.38. The van der Waals surface area contributed by atoms with Crippen LogP contribution in [0.5, 0.6) is 5.75 Å². The van der Waals surface area contributed by atoms with E-state index in [1.54, 1.807) is 60.7 Å². The largest absolute Gasteiger partial charge is 0.497 e. The van der Waals surface area contributed by atoms with Crippen LogP contribution < -0.4 is 15.0 Å². The minimum atomic E-state index is -0.232. The summed E-state index contributed by atoms with van der Waals surface area (Å²) in [5.41, 5.74) is 2.54. The summed E-state index contributed by atoms with van der Waals surface area (Å²) >= 11 is 1.42. The molecule has 1 aromatic heterocycles. The van der Waals surface area contributed by atoms with Crippen molar-refractivity contribution in [3.05, 3.63) is 71.9 Å². The second-order valence-corrected chi connectivity index (χ2v) is 7.41. The summed E-state index contributed by atoms with van der Waals surface area (Å²) in [5, 5.41) is 3.57. The molecule has 1 aliphatic rings. The Bertz CT molecular complexity index is 1100. The predicted molar refractivity (Wildman–Crippen MR) is 113 cm³/mol. The van der Waals surface area contributed by atoms with E-state index < -0.39 is 0 Å². The van der Waals surface area contributed by atoms with E-state index in [4.69, 9.17) is 4.74 Å². The van der Waals surface area contributed by atoms with Crippen LogP contribution in [-0.4, -0.2) is 30.5 Å². The third kappa shape index (κ3) is 3.69. The number of hydrogen-bond donors (Lipinski definition) is 1. The van der Waals surface area contributed by atoms with Gasteiger partial charge >= 0.3 is 0 Å². The Hall–Kier alpha value is -3.32. The third-order valence-electron chi connectivity index (χ3n) is 4.61. The quantitative estimate of drug-likeness (QED) is 0.693. The number of carbonyl (C=O) groups is 2. The standard InChI is InChI=1S/C22H19N3O3S/c1-3-25-18-10-9-15(24-20(26)14-6-4-7-16(12-14)28-2)13-19(18)29-21-17(22(25)27)8-5-11-23-21/h4-13H,3H2,1-2H3,(H,24,26). The molecule has 0 radical (unpaired) electrons. The van der Waals surface area contributed by atoms with Crippen molar-refractivity contribution in [1.82, 2.24) is 4.98 Å². The average molecular weight is 405 g/mol. The van der Waals surface area contributed by atoms with Crippen LogP contribution in [-0.2, 0) is 0 Å². The van der Waals surface area contributed by atoms with E-state index in [0.29, 0.717) is 34.1 Å². The molecule has 3 aromatic rings. The molecular formula is C22H19N3O3S. The van der Waals surface area contributed by atoms with Gasteiger partial charge in [-0.3, -0.25) is 9.59 Å². The first-order valence-corrected chi connectivity index (χ1v) is 9.96. The summed E-state index contributed by atoms with van der Waals surface area (Å²) in [4.78, 5) is 32.5. The van der Waals surface area contributed by atoms with E-state index in [0.717, 1.165) is 10.6 Å². The van der Waals surface area contributed by atoms with Crippen molar-refractivity contribution < 1.29 is 14.3 Å². The van der Waals surface area contributed by atoms with Crippen LogP contribution in [0.25, 0.3) is 0 Å². The van der Waals surface area contributed by atoms with Gasteiger partial charge in [-0.15, -0.1) is 0 Å². The van der Waals surface area contributed by atoms with Crippen LogP contribution in [0, 0.1) is 0 Å². The summed E-state index contributed by atoms with van der Waals surface area (Å²) in [5.74, 6) is 0.314. The highest BCUT2D eigenvalue weighted by Crippen LogP contribution is 2.41. The van der Waals surface area contributed by atoms with Crippen LogP contribution in [0.2, 0.25) is 0 Å². The van der Waals surface area contributed by atoms with Crippen molar-refractivity contribution >= 4 is 35.0 Å². The van der Waals surface area contributed by atoms with Crippen LogP contribution in [0.15, 0.2) is 70.7 Å². The van der Waals surface area contributed by atoms with Crippen LogP contribution in [0.3, 0.4) is 0 Å². The first-order chi connectivity index (χ1) is 14.1. The molecule has 29 heavy (non-hydrogen) atoms. The van der Waals surface area contributed by atoms with Gasteiger partial charge in [0.1, 0.15) is 10.8 Å². The van der Waals surface area contributed by atoms with Gasteiger partial charge in [-0.2, -0.15) is 0 Å². The van der Waals surface area contributed by atoms with E-state index in [9.17, 15) is 9.59 Å². The summed E-state index contributed by atoms with van der Waals surface area (Å²) in [7, 11) is 1.56. The molecule has 0 atom stereocenters. The number of anilines is 2. The first kappa shape index (κ1) is 19.0. The molecular weight excluding hydrogens is 386 g/mol. The first-order valence-electron chi connectivity index (χ1n) is 9.15. The van der Waals surface area contributed by atoms with Crippen molar-refractivity contribution in [3.8, 4) is 5.75 Å². The fraction of sp³-hybridized carbons (Fsp3) is 0.136. The summed E-state index contributed by atoms with van der Waals surface area (Å²) in [6, 6.07) is 16.1. The normalized spacial score (nSPS) is 12.6. The smallest absolute Gasteiger partial charge is 0.261 e. The lowest BCUT2D eigenvalue weighted by Gasteiger charge is -2.21. The van der Waals surface area contributed by atoms with Crippen molar-refractivity contribution in [3.63, 3.8) is 0 Å². The van der Waals surface area contributed by atoms with Crippen LogP contribution in [0.1, 0.15) is 27.6 Å². The zero-order valence-electron chi connectivity index (χ0n) is 16.0. The van der Waals surface area contributed by atoms with Gasteiger partial charge in [-0.25, -0.2) is 4.98 Å². The molecule has 7 heteroatoms. The number of nitrogens with one attached hydrogen (secondary N) is 1. The number of amides is 2. The Kier molecular flexibility index (Phi) is 5.22. The maximum Gasteiger partial charge on any atom is 0.261 e. The number of fused-ring (bicyclic) bond motifs is 2. The second kappa shape index (κ2) is 7.97. The maximum absolute atomic E-state index is 12.9. The molecule has 0 fully saturated rings. The Morgan fingerprint density at radius 2 is 2.03 bits per heavy atom. The third-order valence-corrected chi connectivity index (χ3v) is 5.68. The minimum absolute atomic E-state index is 0.0741. The number of carbonyl (C=O) groups excluding carboxylic acids is 2. The zero-order chi connectivity index (χ0) is 20.4. The average Bonchev–Trinajstić information content (AvgIpc) is 2.87. The Morgan fingerprint density at radius 1 is 1.17 bits per heavy atom. The van der Waals surface area contributed by atoms with E-state index in [2.05, 4.69) is 10.3 Å². The molecule has 2 aromatic carbocycles. The molecule has 4 rings (SSSR count). The number of benzene rings is 2. The monoisotopic (exact) mass is 405 g/mol. The Balaban J connectivity index is 1.67. The van der Waals surface area contributed by atoms with E-state index in [1.807, 2.05) is 19.1 Å². The maximum atomic E-state index is 12.9. The number of nitrogens with zero attached hydrogens (tertiary/aromatic N) is 2. The molecule has 2 amide bonds. The molecule has 0 unspecified atom stereocenters. The van der Waals surface area contributed by atoms with Crippen molar-refractivity contribution in [1.29, 1.82) is 0 Å². The van der Waals surface area contributed by atoms with Gasteiger partial charge in [0, 0.05) is 28.9 Å². The lowest BCUT2D eigenvalue weighted by Crippen LogP contribution is -2.30. The minimum Gasteiger partial charge on any atom is -0.497 e. The number of pyridine rings is 1. The fourth-order valence-corrected chi connectivity index (χ4v) is 4.23. The highest BCUT2D eigenvalue weighted by atomic mass is 32.2. The Morgan fingerprint density at radius 3 is 2.83 bits per heavy atom. The fourth-order valence-electron chi connectivity index (χ4n) is 3.17. The van der Waals surface area contributed by atoms with Gasteiger partial charge < -0.3 is 15.0 Å². The molecule has 146 valence electrons. The topological polar surface area (TPSA) is 71.5 Å². The van der Waals surface area contributed by atoms with Gasteiger partial charge in [0.25, 0.3) is 11.8 Å². The lowest BCUT2D eigenvalue weighted by atomic mass is 10.2. The molecule has 6 nitrogen and oxygen atoms in total. The molecule has 0 aliphatic carbocycles. The molecule has 0 saturated carbocycles. The lowest BCUT2D eigenvalue weighted by molar-refractivity contribution is 0.0983. The predicted octanol–water partition coefficient (Wildman–Crippen LogP) is 4.47. The van der Waals surface area contributed by atoms with Gasteiger partial charge in [0.2, 0.25) is 0 Å². The number of ether oxygens (including phenoxy) is 1. The highest BCUT2D eigenvalue weighted by molar-refractivity contribution is 7.99. The van der Waals surface area contributed by atoms with Gasteiger partial charge in [-0.1, -0.05) is 17.8 Å². The van der Waals surface area contributed by atoms with Gasteiger partial charge in [-0.05, 0) is 55.5 Å². The van der Waals surface area contributed by atoms with Crippen LogP contribution in [0.4, 0.5) is 11.4 Å². The molecule has 1 aliphatic heterocycles. The highest BCUT2D eigenvalue weighted by Gasteiger charge is 2.27. The Labute approximate surface area is 172 Å². The zero-order valence-corrected chi connectivity index (χ0v) is 16.8. The van der Waals surface area contributed by atoms with Crippen molar-refractivity contribution in [2.45, 2.75) is 16.8 Å². The SMILES string of the molecule is CCN1C(=O)c2cccnc2Sc2cc(NC(=O)c3cccc(OC)c3)ccc21.